The minimum Gasteiger partial charge on any atom is -0.361 e. The van der Waals surface area contributed by atoms with E-state index in [0.29, 0.717) is 24.6 Å². The van der Waals surface area contributed by atoms with Crippen molar-refractivity contribution in [2.75, 3.05) is 13.1 Å². The predicted molar refractivity (Wildman–Crippen MR) is 106 cm³/mol. The molecule has 0 aliphatic carbocycles. The lowest BCUT2D eigenvalue weighted by molar-refractivity contribution is 0.0944. The largest absolute Gasteiger partial charge is 0.361 e. The summed E-state index contributed by atoms with van der Waals surface area (Å²) < 4.78 is 0. The molecule has 0 saturated heterocycles. The van der Waals surface area contributed by atoms with Gasteiger partial charge in [-0.1, -0.05) is 32.0 Å². The molecule has 0 spiro atoms. The van der Waals surface area contributed by atoms with Crippen LogP contribution in [0.1, 0.15) is 40.3 Å². The normalized spacial score (nSPS) is 10.9. The Labute approximate surface area is 158 Å². The molecule has 1 aromatic carbocycles. The summed E-state index contributed by atoms with van der Waals surface area (Å²) in [6.45, 7) is 5.12. The summed E-state index contributed by atoms with van der Waals surface area (Å²) in [7, 11) is 0. The monoisotopic (exact) mass is 364 g/mol. The average Bonchev–Trinajstić information content (AvgIpc) is 3.09. The molecule has 2 heterocycles. The van der Waals surface area contributed by atoms with E-state index in [9.17, 15) is 9.59 Å². The lowest BCUT2D eigenvalue weighted by atomic mass is 10.1. The summed E-state index contributed by atoms with van der Waals surface area (Å²) in [4.78, 5) is 31.8. The quantitative estimate of drug-likeness (QED) is 0.602. The van der Waals surface area contributed by atoms with E-state index in [2.05, 4.69) is 26.7 Å². The molecular weight excluding hydrogens is 340 g/mol. The van der Waals surface area contributed by atoms with Crippen molar-refractivity contribution in [3.63, 3.8) is 0 Å². The standard InChI is InChI=1S/C21H24N4O2/c1-14(2)12-25-21(27)19-11-15(7-9-22-19)20(26)23-10-8-16-13-24-18-6-4-3-5-17(16)18/h3-7,9,11,13-14,24H,8,10,12H2,1-2H3,(H,23,26)(H,25,27). The van der Waals surface area contributed by atoms with E-state index in [1.807, 2.05) is 38.2 Å². The number of fused-ring (bicyclic) bond motifs is 1. The van der Waals surface area contributed by atoms with Crippen molar-refractivity contribution in [2.45, 2.75) is 20.3 Å². The average molecular weight is 364 g/mol. The van der Waals surface area contributed by atoms with Gasteiger partial charge in [-0.15, -0.1) is 0 Å². The lowest BCUT2D eigenvalue weighted by Crippen LogP contribution is -2.29. The molecule has 0 bridgehead atoms. The number of aromatic nitrogens is 2. The molecule has 6 heteroatoms. The first-order chi connectivity index (χ1) is 13.0. The number of nitrogens with zero attached hydrogens (tertiary/aromatic N) is 1. The van der Waals surface area contributed by atoms with Crippen LogP contribution in [0.15, 0.2) is 48.8 Å². The Morgan fingerprint density at radius 2 is 1.93 bits per heavy atom. The number of amides is 2. The van der Waals surface area contributed by atoms with E-state index < -0.39 is 0 Å². The minimum atomic E-state index is -0.267. The van der Waals surface area contributed by atoms with Gasteiger partial charge < -0.3 is 15.6 Å². The molecule has 3 N–H and O–H groups in total. The van der Waals surface area contributed by atoms with Crippen LogP contribution in [-0.2, 0) is 6.42 Å². The Bertz CT molecular complexity index is 946. The number of pyridine rings is 1. The van der Waals surface area contributed by atoms with E-state index in [-0.39, 0.29) is 17.5 Å². The van der Waals surface area contributed by atoms with Crippen molar-refractivity contribution in [1.29, 1.82) is 0 Å². The van der Waals surface area contributed by atoms with Crippen LogP contribution in [0.4, 0.5) is 0 Å². The second-order valence-electron chi connectivity index (χ2n) is 6.90. The highest BCUT2D eigenvalue weighted by atomic mass is 16.2. The molecule has 140 valence electrons. The van der Waals surface area contributed by atoms with Crippen LogP contribution in [0.5, 0.6) is 0 Å². The van der Waals surface area contributed by atoms with E-state index in [0.717, 1.165) is 17.5 Å². The zero-order valence-electron chi connectivity index (χ0n) is 15.6. The van der Waals surface area contributed by atoms with Crippen molar-refractivity contribution in [2.24, 2.45) is 5.92 Å². The molecule has 0 atom stereocenters. The zero-order valence-corrected chi connectivity index (χ0v) is 15.6. The van der Waals surface area contributed by atoms with Gasteiger partial charge in [-0.3, -0.25) is 14.6 Å². The highest BCUT2D eigenvalue weighted by molar-refractivity contribution is 5.98. The van der Waals surface area contributed by atoms with Crippen LogP contribution in [0.25, 0.3) is 10.9 Å². The first-order valence-corrected chi connectivity index (χ1v) is 9.12. The maximum atomic E-state index is 12.4. The number of carbonyl (C=O) groups is 2. The van der Waals surface area contributed by atoms with Crippen LogP contribution < -0.4 is 10.6 Å². The molecule has 0 unspecified atom stereocenters. The first-order valence-electron chi connectivity index (χ1n) is 9.12. The fourth-order valence-electron chi connectivity index (χ4n) is 2.83. The van der Waals surface area contributed by atoms with Gasteiger partial charge in [-0.2, -0.15) is 0 Å². The molecule has 0 radical (unpaired) electrons. The summed E-state index contributed by atoms with van der Waals surface area (Å²) in [5, 5.41) is 6.88. The van der Waals surface area contributed by atoms with Crippen LogP contribution in [0, 0.1) is 5.92 Å². The van der Waals surface area contributed by atoms with Crippen LogP contribution >= 0.6 is 0 Å². The number of H-pyrrole nitrogens is 1. The van der Waals surface area contributed by atoms with Crippen LogP contribution in [0.2, 0.25) is 0 Å². The smallest absolute Gasteiger partial charge is 0.269 e. The van der Waals surface area contributed by atoms with Crippen molar-refractivity contribution < 1.29 is 9.59 Å². The molecule has 0 saturated carbocycles. The third-order valence-corrected chi connectivity index (χ3v) is 4.28. The maximum Gasteiger partial charge on any atom is 0.269 e. The number of para-hydroxylation sites is 1. The van der Waals surface area contributed by atoms with Crippen molar-refractivity contribution in [3.8, 4) is 0 Å². The lowest BCUT2D eigenvalue weighted by Gasteiger charge is -2.08. The van der Waals surface area contributed by atoms with Crippen molar-refractivity contribution in [1.82, 2.24) is 20.6 Å². The predicted octanol–water partition coefficient (Wildman–Crippen LogP) is 2.92. The van der Waals surface area contributed by atoms with Gasteiger partial charge in [0.05, 0.1) is 0 Å². The fourth-order valence-corrected chi connectivity index (χ4v) is 2.83. The van der Waals surface area contributed by atoms with Gasteiger partial charge in [-0.05, 0) is 36.1 Å². The van der Waals surface area contributed by atoms with Crippen LogP contribution in [0.3, 0.4) is 0 Å². The summed E-state index contributed by atoms with van der Waals surface area (Å²) in [6, 6.07) is 11.2. The molecule has 3 rings (SSSR count). The van der Waals surface area contributed by atoms with Gasteiger partial charge in [-0.25, -0.2) is 0 Å². The molecule has 2 amide bonds. The Balaban J connectivity index is 1.58. The Morgan fingerprint density at radius 3 is 2.74 bits per heavy atom. The van der Waals surface area contributed by atoms with Gasteiger partial charge in [0.2, 0.25) is 0 Å². The zero-order chi connectivity index (χ0) is 19.2. The molecule has 27 heavy (non-hydrogen) atoms. The molecule has 0 aliphatic rings. The molecule has 3 aromatic rings. The molecule has 0 aliphatic heterocycles. The minimum absolute atomic E-state index is 0.213. The number of carbonyl (C=O) groups excluding carboxylic acids is 2. The number of nitrogens with one attached hydrogen (secondary N) is 3. The van der Waals surface area contributed by atoms with Gasteiger partial charge in [0.15, 0.2) is 0 Å². The number of aromatic amines is 1. The second kappa shape index (κ2) is 8.49. The number of rotatable bonds is 7. The number of benzene rings is 1. The van der Waals surface area contributed by atoms with Gasteiger partial charge >= 0.3 is 0 Å². The summed E-state index contributed by atoms with van der Waals surface area (Å²) in [5.74, 6) is -0.128. The Kier molecular flexibility index (Phi) is 5.86. The fraction of sp³-hybridized carbons (Fsp3) is 0.286. The maximum absolute atomic E-state index is 12.4. The van der Waals surface area contributed by atoms with Gasteiger partial charge in [0.25, 0.3) is 11.8 Å². The third-order valence-electron chi connectivity index (χ3n) is 4.28. The third kappa shape index (κ3) is 4.73. The van der Waals surface area contributed by atoms with E-state index in [1.54, 1.807) is 6.07 Å². The highest BCUT2D eigenvalue weighted by Crippen LogP contribution is 2.17. The number of hydrogen-bond donors (Lipinski definition) is 3. The van der Waals surface area contributed by atoms with E-state index in [1.165, 1.54) is 17.6 Å². The molecule has 6 nitrogen and oxygen atoms in total. The molecule has 0 fully saturated rings. The van der Waals surface area contributed by atoms with Crippen molar-refractivity contribution in [3.05, 3.63) is 65.6 Å². The van der Waals surface area contributed by atoms with E-state index in [4.69, 9.17) is 0 Å². The van der Waals surface area contributed by atoms with Gasteiger partial charge in [0.1, 0.15) is 5.69 Å². The first kappa shape index (κ1) is 18.6. The topological polar surface area (TPSA) is 86.9 Å². The summed E-state index contributed by atoms with van der Waals surface area (Å²) >= 11 is 0. The van der Waals surface area contributed by atoms with E-state index >= 15 is 0 Å². The molecule has 2 aromatic heterocycles. The SMILES string of the molecule is CC(C)CNC(=O)c1cc(C(=O)NCCc2c[nH]c3ccccc23)ccn1. The molecular formula is C21H24N4O2. The Morgan fingerprint density at radius 1 is 1.11 bits per heavy atom. The highest BCUT2D eigenvalue weighted by Gasteiger charge is 2.12. The van der Waals surface area contributed by atoms with Crippen LogP contribution in [-0.4, -0.2) is 34.9 Å². The Hall–Kier alpha value is -3.15. The number of hydrogen-bond acceptors (Lipinski definition) is 3. The second-order valence-corrected chi connectivity index (χ2v) is 6.90. The van der Waals surface area contributed by atoms with Crippen molar-refractivity contribution >= 4 is 22.7 Å². The summed E-state index contributed by atoms with van der Waals surface area (Å²) in [6.07, 6.45) is 4.18. The summed E-state index contributed by atoms with van der Waals surface area (Å²) in [5.41, 5.74) is 2.93. The van der Waals surface area contributed by atoms with Gasteiger partial charge in [0, 0.05) is 41.9 Å².